The minimum absolute atomic E-state index is 0.129. The van der Waals surface area contributed by atoms with Gasteiger partial charge < -0.3 is 4.74 Å². The minimum Gasteiger partial charge on any atom is -0.492 e. The second-order valence-corrected chi connectivity index (χ2v) is 7.10. The third kappa shape index (κ3) is 5.04. The molecule has 0 aliphatic heterocycles. The summed E-state index contributed by atoms with van der Waals surface area (Å²) >= 11 is 0. The summed E-state index contributed by atoms with van der Waals surface area (Å²) < 4.78 is 45.4. The third-order valence-corrected chi connectivity index (χ3v) is 4.87. The van der Waals surface area contributed by atoms with Crippen LogP contribution in [0.3, 0.4) is 0 Å². The molecule has 0 fully saturated rings. The van der Waals surface area contributed by atoms with E-state index in [9.17, 15) is 12.8 Å². The fourth-order valence-corrected chi connectivity index (χ4v) is 3.25. The number of ether oxygens (including phenoxy) is 1. The van der Waals surface area contributed by atoms with Crippen LogP contribution in [0.1, 0.15) is 16.7 Å². The Labute approximate surface area is 136 Å². The first-order valence-corrected chi connectivity index (χ1v) is 8.94. The molecule has 0 saturated heterocycles. The van der Waals surface area contributed by atoms with Gasteiger partial charge in [0.05, 0.1) is 5.75 Å². The molecule has 1 N–H and O–H groups in total. The van der Waals surface area contributed by atoms with E-state index in [4.69, 9.17) is 4.74 Å². The summed E-state index contributed by atoms with van der Waals surface area (Å²) in [5.74, 6) is -0.175. The molecule has 2 aromatic carbocycles. The molecule has 0 aliphatic rings. The maximum atomic E-state index is 13.5. The summed E-state index contributed by atoms with van der Waals surface area (Å²) in [4.78, 5) is 0. The van der Waals surface area contributed by atoms with Crippen molar-refractivity contribution in [3.8, 4) is 5.75 Å². The largest absolute Gasteiger partial charge is 0.492 e. The van der Waals surface area contributed by atoms with Gasteiger partial charge in [0.2, 0.25) is 10.0 Å². The Morgan fingerprint density at radius 3 is 2.57 bits per heavy atom. The summed E-state index contributed by atoms with van der Waals surface area (Å²) in [6, 6.07) is 11.6. The number of benzene rings is 2. The zero-order valence-corrected chi connectivity index (χ0v) is 14.0. The van der Waals surface area contributed by atoms with Gasteiger partial charge in [0, 0.05) is 12.1 Å². The topological polar surface area (TPSA) is 55.4 Å². The number of halogens is 1. The van der Waals surface area contributed by atoms with Crippen LogP contribution in [0.15, 0.2) is 42.5 Å². The van der Waals surface area contributed by atoms with E-state index < -0.39 is 15.8 Å². The van der Waals surface area contributed by atoms with Gasteiger partial charge in [0.15, 0.2) is 0 Å². The van der Waals surface area contributed by atoms with Crippen LogP contribution in [0, 0.1) is 19.7 Å². The van der Waals surface area contributed by atoms with Crippen molar-refractivity contribution in [3.05, 3.63) is 65.0 Å². The summed E-state index contributed by atoms with van der Waals surface area (Å²) in [5.41, 5.74) is 2.29. The molecule has 0 atom stereocenters. The van der Waals surface area contributed by atoms with E-state index in [2.05, 4.69) is 4.72 Å². The molecule has 0 aliphatic carbocycles. The highest BCUT2D eigenvalue weighted by Crippen LogP contribution is 2.20. The van der Waals surface area contributed by atoms with Gasteiger partial charge in [-0.1, -0.05) is 30.3 Å². The van der Waals surface area contributed by atoms with Crippen LogP contribution < -0.4 is 9.46 Å². The molecular formula is C17H20FNO3S. The van der Waals surface area contributed by atoms with Crippen LogP contribution in [0.5, 0.6) is 5.75 Å². The summed E-state index contributed by atoms with van der Waals surface area (Å²) in [5, 5.41) is 0. The monoisotopic (exact) mass is 337 g/mol. The molecule has 0 heterocycles. The maximum absolute atomic E-state index is 13.5. The lowest BCUT2D eigenvalue weighted by Gasteiger charge is -2.12. The lowest BCUT2D eigenvalue weighted by atomic mass is 10.1. The predicted octanol–water partition coefficient (Wildman–Crippen LogP) is 2.94. The van der Waals surface area contributed by atoms with Crippen molar-refractivity contribution in [2.75, 3.05) is 13.2 Å². The summed E-state index contributed by atoms with van der Waals surface area (Å²) in [7, 11) is -3.60. The van der Waals surface area contributed by atoms with E-state index in [-0.39, 0.29) is 24.5 Å². The van der Waals surface area contributed by atoms with Crippen molar-refractivity contribution in [1.82, 2.24) is 4.72 Å². The molecule has 4 nitrogen and oxygen atoms in total. The molecule has 23 heavy (non-hydrogen) atoms. The molecule has 6 heteroatoms. The van der Waals surface area contributed by atoms with Gasteiger partial charge in [0.25, 0.3) is 0 Å². The van der Waals surface area contributed by atoms with Crippen molar-refractivity contribution in [2.45, 2.75) is 19.6 Å². The highest BCUT2D eigenvalue weighted by atomic mass is 32.2. The standard InChI is InChI=1S/C17H20FNO3S/c1-13-6-5-9-17(14(13)2)22-11-10-19-23(20,21)12-15-7-3-4-8-16(15)18/h3-9,19H,10-12H2,1-2H3. The molecule has 0 unspecified atom stereocenters. The van der Waals surface area contributed by atoms with Crippen LogP contribution in [-0.2, 0) is 15.8 Å². The van der Waals surface area contributed by atoms with Gasteiger partial charge >= 0.3 is 0 Å². The van der Waals surface area contributed by atoms with Crippen LogP contribution in [0.25, 0.3) is 0 Å². The van der Waals surface area contributed by atoms with Gasteiger partial charge in [-0.15, -0.1) is 0 Å². The first-order chi connectivity index (χ1) is 10.9. The second kappa shape index (κ2) is 7.57. The van der Waals surface area contributed by atoms with E-state index in [0.717, 1.165) is 16.9 Å². The number of hydrogen-bond acceptors (Lipinski definition) is 3. The Morgan fingerprint density at radius 1 is 1.09 bits per heavy atom. The molecular weight excluding hydrogens is 317 g/mol. The number of sulfonamides is 1. The molecule has 0 spiro atoms. The SMILES string of the molecule is Cc1cccc(OCCNS(=O)(=O)Cc2ccccc2F)c1C. The molecule has 0 bridgehead atoms. The quantitative estimate of drug-likeness (QED) is 0.790. The van der Waals surface area contributed by atoms with Crippen molar-refractivity contribution < 1.29 is 17.5 Å². The lowest BCUT2D eigenvalue weighted by Crippen LogP contribution is -2.29. The van der Waals surface area contributed by atoms with Crippen LogP contribution in [-0.4, -0.2) is 21.6 Å². The zero-order chi connectivity index (χ0) is 16.9. The first-order valence-electron chi connectivity index (χ1n) is 7.29. The normalized spacial score (nSPS) is 11.4. The number of rotatable bonds is 7. The van der Waals surface area contributed by atoms with E-state index in [1.807, 2.05) is 32.0 Å². The van der Waals surface area contributed by atoms with Gasteiger partial charge in [-0.05, 0) is 37.1 Å². The van der Waals surface area contributed by atoms with E-state index in [1.165, 1.54) is 18.2 Å². The predicted molar refractivity (Wildman–Crippen MR) is 88.4 cm³/mol. The van der Waals surface area contributed by atoms with Crippen LogP contribution in [0.4, 0.5) is 4.39 Å². The van der Waals surface area contributed by atoms with Gasteiger partial charge in [-0.25, -0.2) is 17.5 Å². The van der Waals surface area contributed by atoms with E-state index in [1.54, 1.807) is 6.07 Å². The van der Waals surface area contributed by atoms with Crippen molar-refractivity contribution >= 4 is 10.0 Å². The number of aryl methyl sites for hydroxylation is 1. The maximum Gasteiger partial charge on any atom is 0.216 e. The van der Waals surface area contributed by atoms with Crippen LogP contribution >= 0.6 is 0 Å². The van der Waals surface area contributed by atoms with Crippen molar-refractivity contribution in [2.24, 2.45) is 0 Å². The second-order valence-electron chi connectivity index (χ2n) is 5.29. The minimum atomic E-state index is -3.60. The highest BCUT2D eigenvalue weighted by Gasteiger charge is 2.13. The fraction of sp³-hybridized carbons (Fsp3) is 0.294. The van der Waals surface area contributed by atoms with Gasteiger partial charge in [-0.3, -0.25) is 0 Å². The number of hydrogen-bond donors (Lipinski definition) is 1. The molecule has 0 radical (unpaired) electrons. The van der Waals surface area contributed by atoms with Crippen LogP contribution in [0.2, 0.25) is 0 Å². The Bertz CT molecular complexity index is 775. The molecule has 0 amide bonds. The van der Waals surface area contributed by atoms with Crippen molar-refractivity contribution in [3.63, 3.8) is 0 Å². The average molecular weight is 337 g/mol. The molecule has 0 saturated carbocycles. The van der Waals surface area contributed by atoms with E-state index in [0.29, 0.717) is 0 Å². The molecule has 2 aromatic rings. The summed E-state index contributed by atoms with van der Waals surface area (Å²) in [6.45, 7) is 4.28. The zero-order valence-electron chi connectivity index (χ0n) is 13.2. The Hall–Kier alpha value is -1.92. The Balaban J connectivity index is 1.86. The first kappa shape index (κ1) is 17.4. The Kier molecular flexibility index (Phi) is 5.74. The highest BCUT2D eigenvalue weighted by molar-refractivity contribution is 7.88. The van der Waals surface area contributed by atoms with Gasteiger partial charge in [-0.2, -0.15) is 0 Å². The smallest absolute Gasteiger partial charge is 0.216 e. The lowest BCUT2D eigenvalue weighted by molar-refractivity contribution is 0.320. The fourth-order valence-electron chi connectivity index (χ4n) is 2.11. The van der Waals surface area contributed by atoms with Gasteiger partial charge in [0.1, 0.15) is 18.2 Å². The molecule has 124 valence electrons. The van der Waals surface area contributed by atoms with E-state index >= 15 is 0 Å². The number of nitrogens with one attached hydrogen (secondary N) is 1. The average Bonchev–Trinajstić information content (AvgIpc) is 2.50. The molecule has 2 rings (SSSR count). The Morgan fingerprint density at radius 2 is 1.83 bits per heavy atom. The third-order valence-electron chi connectivity index (χ3n) is 3.54. The summed E-state index contributed by atoms with van der Waals surface area (Å²) in [6.07, 6.45) is 0. The molecule has 0 aromatic heterocycles. The van der Waals surface area contributed by atoms with Crippen molar-refractivity contribution in [1.29, 1.82) is 0 Å².